The molecule has 1 fully saturated rings. The van der Waals surface area contributed by atoms with Gasteiger partial charge in [0, 0.05) is 18.6 Å². The first-order valence-corrected chi connectivity index (χ1v) is 6.90. The Morgan fingerprint density at radius 1 is 1.40 bits per heavy atom. The highest BCUT2D eigenvalue weighted by Gasteiger charge is 2.26. The second kappa shape index (κ2) is 5.25. The number of nitrogens with one attached hydrogen (secondary N) is 2. The van der Waals surface area contributed by atoms with Crippen molar-refractivity contribution in [3.63, 3.8) is 0 Å². The Hall–Kier alpha value is -0.170. The van der Waals surface area contributed by atoms with Gasteiger partial charge in [0.2, 0.25) is 0 Å². The molecule has 15 heavy (non-hydrogen) atoms. The van der Waals surface area contributed by atoms with Gasteiger partial charge in [0.15, 0.2) is 0 Å². The molecule has 1 aliphatic carbocycles. The highest BCUT2D eigenvalue weighted by Crippen LogP contribution is 2.19. The first-order valence-electron chi connectivity index (χ1n) is 5.41. The van der Waals surface area contributed by atoms with Gasteiger partial charge in [-0.2, -0.15) is 13.1 Å². The molecule has 0 radical (unpaired) electrons. The largest absolute Gasteiger partial charge is 0.327 e. The first kappa shape index (κ1) is 12.9. The molecule has 0 amide bonds. The van der Waals surface area contributed by atoms with Crippen LogP contribution in [-0.4, -0.2) is 27.0 Å². The van der Waals surface area contributed by atoms with E-state index >= 15 is 0 Å². The van der Waals surface area contributed by atoms with E-state index < -0.39 is 10.2 Å². The molecule has 1 saturated carbocycles. The molecule has 0 aliphatic heterocycles. The van der Waals surface area contributed by atoms with Crippen LogP contribution in [0, 0.1) is 5.92 Å². The second-order valence-corrected chi connectivity index (χ2v) is 6.16. The molecular weight excluding hydrogens is 214 g/mol. The fraction of sp³-hybridized carbons (Fsp3) is 1.00. The lowest BCUT2D eigenvalue weighted by Gasteiger charge is -2.15. The summed E-state index contributed by atoms with van der Waals surface area (Å²) in [7, 11) is -3.33. The van der Waals surface area contributed by atoms with E-state index in [1.54, 1.807) is 0 Å². The third-order valence-electron chi connectivity index (χ3n) is 2.21. The van der Waals surface area contributed by atoms with E-state index in [0.717, 1.165) is 19.3 Å². The number of rotatable bonds is 7. The van der Waals surface area contributed by atoms with E-state index in [9.17, 15) is 8.42 Å². The molecule has 5 nitrogen and oxygen atoms in total. The Bertz CT molecular complexity index is 286. The van der Waals surface area contributed by atoms with Crippen LogP contribution in [0.5, 0.6) is 0 Å². The standard InChI is InChI=1S/C9H21N3O2S/c1-7(2)5-8(10)6-11-15(13,14)12-9-3-4-9/h7-9,11-12H,3-6,10H2,1-2H3. The van der Waals surface area contributed by atoms with Crippen molar-refractivity contribution in [2.75, 3.05) is 6.54 Å². The average molecular weight is 235 g/mol. The van der Waals surface area contributed by atoms with Crippen LogP contribution in [0.1, 0.15) is 33.1 Å². The van der Waals surface area contributed by atoms with E-state index in [2.05, 4.69) is 23.3 Å². The summed E-state index contributed by atoms with van der Waals surface area (Å²) >= 11 is 0. The van der Waals surface area contributed by atoms with Gasteiger partial charge in [0.05, 0.1) is 0 Å². The van der Waals surface area contributed by atoms with Crippen LogP contribution in [0.15, 0.2) is 0 Å². The third-order valence-corrected chi connectivity index (χ3v) is 3.40. The van der Waals surface area contributed by atoms with E-state index in [1.165, 1.54) is 0 Å². The molecule has 4 N–H and O–H groups in total. The van der Waals surface area contributed by atoms with Crippen molar-refractivity contribution in [2.45, 2.75) is 45.2 Å². The molecule has 0 aromatic rings. The summed E-state index contributed by atoms with van der Waals surface area (Å²) in [5.41, 5.74) is 5.77. The van der Waals surface area contributed by atoms with Gasteiger partial charge in [-0.15, -0.1) is 0 Å². The van der Waals surface area contributed by atoms with Crippen LogP contribution in [0.2, 0.25) is 0 Å². The molecule has 0 aromatic heterocycles. The molecule has 0 bridgehead atoms. The minimum absolute atomic E-state index is 0.110. The topological polar surface area (TPSA) is 84.2 Å². The third kappa shape index (κ3) is 6.09. The predicted molar refractivity (Wildman–Crippen MR) is 60.5 cm³/mol. The lowest BCUT2D eigenvalue weighted by Crippen LogP contribution is -2.44. The lowest BCUT2D eigenvalue weighted by molar-refractivity contribution is 0.483. The molecule has 90 valence electrons. The van der Waals surface area contributed by atoms with Crippen LogP contribution in [0.25, 0.3) is 0 Å². The van der Waals surface area contributed by atoms with Gasteiger partial charge < -0.3 is 5.73 Å². The zero-order valence-electron chi connectivity index (χ0n) is 9.36. The molecule has 6 heteroatoms. The molecule has 1 unspecified atom stereocenters. The Morgan fingerprint density at radius 2 is 2.00 bits per heavy atom. The van der Waals surface area contributed by atoms with Gasteiger partial charge in [0.25, 0.3) is 10.2 Å². The molecule has 1 rings (SSSR count). The summed E-state index contributed by atoms with van der Waals surface area (Å²) < 4.78 is 27.8. The number of nitrogens with two attached hydrogens (primary N) is 1. The summed E-state index contributed by atoms with van der Waals surface area (Å²) in [4.78, 5) is 0. The molecule has 0 saturated heterocycles. The van der Waals surface area contributed by atoms with Gasteiger partial charge in [-0.1, -0.05) is 13.8 Å². The molecule has 1 atom stereocenters. The second-order valence-electron chi connectivity index (χ2n) is 4.63. The van der Waals surface area contributed by atoms with Gasteiger partial charge >= 0.3 is 0 Å². The minimum Gasteiger partial charge on any atom is -0.327 e. The van der Waals surface area contributed by atoms with Crippen molar-refractivity contribution in [1.29, 1.82) is 0 Å². The molecule has 1 aliphatic rings. The summed E-state index contributed by atoms with van der Waals surface area (Å²) in [6.07, 6.45) is 2.71. The quantitative estimate of drug-likeness (QED) is 0.578. The van der Waals surface area contributed by atoms with Crippen LogP contribution in [0.4, 0.5) is 0 Å². The zero-order chi connectivity index (χ0) is 11.5. The maximum Gasteiger partial charge on any atom is 0.277 e. The maximum absolute atomic E-state index is 11.4. The smallest absolute Gasteiger partial charge is 0.277 e. The lowest BCUT2D eigenvalue weighted by atomic mass is 10.1. The van der Waals surface area contributed by atoms with Crippen molar-refractivity contribution >= 4 is 10.2 Å². The van der Waals surface area contributed by atoms with Crippen molar-refractivity contribution in [1.82, 2.24) is 9.44 Å². The van der Waals surface area contributed by atoms with E-state index in [0.29, 0.717) is 12.5 Å². The summed E-state index contributed by atoms with van der Waals surface area (Å²) in [5.74, 6) is 0.487. The summed E-state index contributed by atoms with van der Waals surface area (Å²) in [5, 5.41) is 0. The average Bonchev–Trinajstić information content (AvgIpc) is 2.83. The van der Waals surface area contributed by atoms with Gasteiger partial charge in [0.1, 0.15) is 0 Å². The Balaban J connectivity index is 2.22. The summed E-state index contributed by atoms with van der Waals surface area (Å²) in [6, 6.07) is 0.0320. The molecule has 0 aromatic carbocycles. The Kier molecular flexibility index (Phi) is 4.51. The highest BCUT2D eigenvalue weighted by atomic mass is 32.2. The van der Waals surface area contributed by atoms with Gasteiger partial charge in [-0.05, 0) is 25.2 Å². The van der Waals surface area contributed by atoms with E-state index in [-0.39, 0.29) is 12.1 Å². The molecule has 0 spiro atoms. The van der Waals surface area contributed by atoms with Crippen LogP contribution < -0.4 is 15.2 Å². The van der Waals surface area contributed by atoms with Gasteiger partial charge in [-0.25, -0.2) is 4.72 Å². The van der Waals surface area contributed by atoms with E-state index in [1.807, 2.05) is 0 Å². The van der Waals surface area contributed by atoms with Crippen molar-refractivity contribution in [2.24, 2.45) is 11.7 Å². The Morgan fingerprint density at radius 3 is 2.47 bits per heavy atom. The summed E-state index contributed by atoms with van der Waals surface area (Å²) in [6.45, 7) is 4.44. The number of hydrogen-bond donors (Lipinski definition) is 3. The fourth-order valence-corrected chi connectivity index (χ4v) is 2.56. The normalized spacial score (nSPS) is 19.5. The van der Waals surface area contributed by atoms with Crippen LogP contribution in [-0.2, 0) is 10.2 Å². The van der Waals surface area contributed by atoms with Crippen LogP contribution >= 0.6 is 0 Å². The van der Waals surface area contributed by atoms with Crippen LogP contribution in [0.3, 0.4) is 0 Å². The molecule has 0 heterocycles. The SMILES string of the molecule is CC(C)CC(N)CNS(=O)(=O)NC1CC1. The zero-order valence-corrected chi connectivity index (χ0v) is 10.2. The van der Waals surface area contributed by atoms with E-state index in [4.69, 9.17) is 5.73 Å². The first-order chi connectivity index (χ1) is 6.89. The molecular formula is C9H21N3O2S. The predicted octanol–water partition coefficient (Wildman–Crippen LogP) is -0.0538. The maximum atomic E-state index is 11.4. The minimum atomic E-state index is -3.33. The van der Waals surface area contributed by atoms with Crippen molar-refractivity contribution in [3.05, 3.63) is 0 Å². The van der Waals surface area contributed by atoms with Gasteiger partial charge in [-0.3, -0.25) is 0 Å². The van der Waals surface area contributed by atoms with Crippen molar-refractivity contribution in [3.8, 4) is 0 Å². The van der Waals surface area contributed by atoms with Crippen molar-refractivity contribution < 1.29 is 8.42 Å². The number of hydrogen-bond acceptors (Lipinski definition) is 3. The highest BCUT2D eigenvalue weighted by molar-refractivity contribution is 7.87. The monoisotopic (exact) mass is 235 g/mol. The fourth-order valence-electron chi connectivity index (χ4n) is 1.37. The Labute approximate surface area is 92.0 Å².